The summed E-state index contributed by atoms with van der Waals surface area (Å²) in [5, 5.41) is 4.67. The molecule has 29 heavy (non-hydrogen) atoms. The predicted octanol–water partition coefficient (Wildman–Crippen LogP) is 4.76. The minimum absolute atomic E-state index is 0.567. The normalized spacial score (nSPS) is 14.8. The topological polar surface area (TPSA) is 69.2 Å². The lowest BCUT2D eigenvalue weighted by atomic mass is 10.1. The molecule has 4 aromatic rings. The van der Waals surface area contributed by atoms with Crippen LogP contribution in [0.2, 0.25) is 0 Å². The molecular formula is C22H18N4O2S. The van der Waals surface area contributed by atoms with Crippen LogP contribution in [-0.4, -0.2) is 28.2 Å². The minimum Gasteiger partial charge on any atom is -0.486 e. The third-order valence-electron chi connectivity index (χ3n) is 5.29. The van der Waals surface area contributed by atoms with Gasteiger partial charge in [0.25, 0.3) is 0 Å². The third kappa shape index (κ3) is 2.89. The monoisotopic (exact) mass is 402 g/mol. The van der Waals surface area contributed by atoms with Gasteiger partial charge < -0.3 is 14.8 Å². The first-order valence-corrected chi connectivity index (χ1v) is 10.6. The second-order valence-corrected chi connectivity index (χ2v) is 8.24. The Morgan fingerprint density at radius 1 is 1.00 bits per heavy atom. The predicted molar refractivity (Wildman–Crippen MR) is 113 cm³/mol. The molecule has 0 atom stereocenters. The fourth-order valence-electron chi connectivity index (χ4n) is 3.97. The van der Waals surface area contributed by atoms with Crippen LogP contribution in [0.4, 0.5) is 11.5 Å². The summed E-state index contributed by atoms with van der Waals surface area (Å²) in [6, 6.07) is 9.81. The minimum atomic E-state index is 0.567. The lowest BCUT2D eigenvalue weighted by molar-refractivity contribution is 0.171. The second-order valence-electron chi connectivity index (χ2n) is 7.16. The second kappa shape index (κ2) is 6.70. The van der Waals surface area contributed by atoms with Crippen LogP contribution in [0.15, 0.2) is 42.7 Å². The highest BCUT2D eigenvalue weighted by Gasteiger charge is 2.23. The van der Waals surface area contributed by atoms with Gasteiger partial charge >= 0.3 is 0 Å². The number of aromatic nitrogens is 3. The zero-order valence-electron chi connectivity index (χ0n) is 15.6. The first-order chi connectivity index (χ1) is 14.3. The van der Waals surface area contributed by atoms with Crippen molar-refractivity contribution >= 4 is 33.1 Å². The third-order valence-corrected chi connectivity index (χ3v) is 6.48. The molecule has 6 rings (SSSR count). The summed E-state index contributed by atoms with van der Waals surface area (Å²) in [4.78, 5) is 16.5. The molecule has 1 aliphatic carbocycles. The van der Waals surface area contributed by atoms with Gasteiger partial charge in [-0.1, -0.05) is 0 Å². The molecule has 1 aliphatic heterocycles. The van der Waals surface area contributed by atoms with E-state index in [2.05, 4.69) is 10.3 Å². The summed E-state index contributed by atoms with van der Waals surface area (Å²) >= 11 is 1.79. The van der Waals surface area contributed by atoms with Crippen molar-refractivity contribution in [2.45, 2.75) is 19.3 Å². The molecule has 144 valence electrons. The van der Waals surface area contributed by atoms with Gasteiger partial charge in [-0.2, -0.15) is 0 Å². The maximum atomic E-state index is 5.74. The maximum absolute atomic E-state index is 5.74. The van der Waals surface area contributed by atoms with Crippen LogP contribution in [0.1, 0.15) is 16.9 Å². The molecule has 2 aliphatic rings. The summed E-state index contributed by atoms with van der Waals surface area (Å²) in [5.41, 5.74) is 3.22. The number of fused-ring (bicyclic) bond motifs is 4. The van der Waals surface area contributed by atoms with Crippen molar-refractivity contribution in [3.8, 4) is 22.9 Å². The highest BCUT2D eigenvalue weighted by molar-refractivity contribution is 7.19. The van der Waals surface area contributed by atoms with E-state index in [4.69, 9.17) is 19.4 Å². The van der Waals surface area contributed by atoms with Crippen LogP contribution in [0, 0.1) is 0 Å². The number of hydrogen-bond donors (Lipinski definition) is 1. The number of benzene rings is 1. The molecule has 0 saturated heterocycles. The Labute approximate surface area is 171 Å². The number of nitrogens with one attached hydrogen (secondary N) is 1. The zero-order valence-corrected chi connectivity index (χ0v) is 16.5. The molecule has 0 amide bonds. The fourth-order valence-corrected chi connectivity index (χ4v) is 5.23. The molecule has 3 aromatic heterocycles. The fraction of sp³-hybridized carbons (Fsp3) is 0.227. The van der Waals surface area contributed by atoms with Crippen LogP contribution in [0.25, 0.3) is 21.6 Å². The summed E-state index contributed by atoms with van der Waals surface area (Å²) < 4.78 is 11.4. The van der Waals surface area contributed by atoms with E-state index >= 15 is 0 Å². The molecule has 7 heteroatoms. The Morgan fingerprint density at radius 2 is 1.93 bits per heavy atom. The van der Waals surface area contributed by atoms with Gasteiger partial charge in [-0.3, -0.25) is 4.98 Å². The van der Waals surface area contributed by atoms with E-state index < -0.39 is 0 Å². The molecule has 1 aromatic carbocycles. The largest absolute Gasteiger partial charge is 0.486 e. The molecule has 6 nitrogen and oxygen atoms in total. The molecule has 0 radical (unpaired) electrons. The number of ether oxygens (including phenoxy) is 2. The standard InChI is InChI=1S/C22H18N4O2S/c1-4-15-18(5-1)29-22-19(15)21(25-20(26-22)13-3-2-8-23-12-13)24-14-6-7-16-17(11-14)28-10-9-27-16/h2-3,6-8,11-12H,1,4-5,9-10H2,(H,24,25,26). The molecular weight excluding hydrogens is 384 g/mol. The van der Waals surface area contributed by atoms with E-state index in [1.807, 2.05) is 30.3 Å². The Morgan fingerprint density at radius 3 is 2.83 bits per heavy atom. The van der Waals surface area contributed by atoms with Crippen molar-refractivity contribution in [3.63, 3.8) is 0 Å². The van der Waals surface area contributed by atoms with E-state index in [9.17, 15) is 0 Å². The zero-order chi connectivity index (χ0) is 19.2. The number of rotatable bonds is 3. The molecule has 0 bridgehead atoms. The van der Waals surface area contributed by atoms with E-state index in [0.29, 0.717) is 19.0 Å². The number of aryl methyl sites for hydroxylation is 2. The van der Waals surface area contributed by atoms with Crippen molar-refractivity contribution in [2.75, 3.05) is 18.5 Å². The average Bonchev–Trinajstić information content (AvgIpc) is 3.35. The van der Waals surface area contributed by atoms with Gasteiger partial charge in [0.15, 0.2) is 17.3 Å². The highest BCUT2D eigenvalue weighted by Crippen LogP contribution is 2.42. The van der Waals surface area contributed by atoms with Gasteiger partial charge in [0.1, 0.15) is 23.9 Å². The van der Waals surface area contributed by atoms with Crippen LogP contribution < -0.4 is 14.8 Å². The smallest absolute Gasteiger partial charge is 0.164 e. The summed E-state index contributed by atoms with van der Waals surface area (Å²) in [6.45, 7) is 1.15. The molecule has 0 fully saturated rings. The van der Waals surface area contributed by atoms with Gasteiger partial charge in [-0.05, 0) is 49.1 Å². The number of hydrogen-bond acceptors (Lipinski definition) is 7. The molecule has 0 unspecified atom stereocenters. The van der Waals surface area contributed by atoms with Crippen LogP contribution in [-0.2, 0) is 12.8 Å². The Bertz CT molecular complexity index is 1220. The van der Waals surface area contributed by atoms with Gasteiger partial charge in [-0.15, -0.1) is 11.3 Å². The molecule has 0 saturated carbocycles. The van der Waals surface area contributed by atoms with E-state index in [-0.39, 0.29) is 0 Å². The Kier molecular flexibility index (Phi) is 3.87. The SMILES string of the molecule is c1cncc(-c2nc(Nc3ccc4c(c3)OCCO4)c3c4c(sc3n2)CCC4)c1. The molecule has 1 N–H and O–H groups in total. The lowest BCUT2D eigenvalue weighted by Crippen LogP contribution is -2.15. The van der Waals surface area contributed by atoms with Gasteiger partial charge in [0.2, 0.25) is 0 Å². The summed E-state index contributed by atoms with van der Waals surface area (Å²) in [7, 11) is 0. The van der Waals surface area contributed by atoms with Gasteiger partial charge in [0, 0.05) is 34.6 Å². The van der Waals surface area contributed by atoms with Gasteiger partial charge in [-0.25, -0.2) is 9.97 Å². The van der Waals surface area contributed by atoms with Crippen LogP contribution in [0.5, 0.6) is 11.5 Å². The van der Waals surface area contributed by atoms with E-state index in [0.717, 1.165) is 51.6 Å². The molecule has 4 heterocycles. The van der Waals surface area contributed by atoms with E-state index in [1.165, 1.54) is 16.9 Å². The van der Waals surface area contributed by atoms with Crippen molar-refractivity contribution < 1.29 is 9.47 Å². The lowest BCUT2D eigenvalue weighted by Gasteiger charge is -2.19. The summed E-state index contributed by atoms with van der Waals surface area (Å²) in [5.74, 6) is 3.06. The first kappa shape index (κ1) is 16.7. The number of thiophene rings is 1. The quantitative estimate of drug-likeness (QED) is 0.533. The van der Waals surface area contributed by atoms with Crippen LogP contribution >= 0.6 is 11.3 Å². The van der Waals surface area contributed by atoms with E-state index in [1.54, 1.807) is 23.7 Å². The first-order valence-electron chi connectivity index (χ1n) is 9.74. The maximum Gasteiger partial charge on any atom is 0.164 e. The number of nitrogens with zero attached hydrogens (tertiary/aromatic N) is 3. The van der Waals surface area contributed by atoms with Crippen LogP contribution in [0.3, 0.4) is 0 Å². The molecule has 0 spiro atoms. The van der Waals surface area contributed by atoms with Crippen molar-refractivity contribution in [2.24, 2.45) is 0 Å². The number of anilines is 2. The summed E-state index contributed by atoms with van der Waals surface area (Å²) in [6.07, 6.45) is 6.97. The van der Waals surface area contributed by atoms with Crippen molar-refractivity contribution in [1.29, 1.82) is 0 Å². The Hall–Kier alpha value is -3.19. The average molecular weight is 402 g/mol. The Balaban J connectivity index is 1.49. The van der Waals surface area contributed by atoms with Crippen molar-refractivity contribution in [3.05, 3.63) is 53.2 Å². The van der Waals surface area contributed by atoms with Gasteiger partial charge in [0.05, 0.1) is 5.39 Å². The number of pyridine rings is 1. The highest BCUT2D eigenvalue weighted by atomic mass is 32.1. The van der Waals surface area contributed by atoms with Crippen molar-refractivity contribution in [1.82, 2.24) is 15.0 Å².